The van der Waals surface area contributed by atoms with E-state index in [1.165, 1.54) is 0 Å². The van der Waals surface area contributed by atoms with Crippen molar-refractivity contribution in [2.24, 2.45) is 5.73 Å². The Hall–Kier alpha value is -4.27. The van der Waals surface area contributed by atoms with Gasteiger partial charge in [0.25, 0.3) is 0 Å². The molecule has 1 amide bonds. The Morgan fingerprint density at radius 2 is 1.65 bits per heavy atom. The highest BCUT2D eigenvalue weighted by molar-refractivity contribution is 6.07. The predicted octanol–water partition coefficient (Wildman–Crippen LogP) is 3.95. The van der Waals surface area contributed by atoms with E-state index in [1.54, 1.807) is 23.9 Å². The molecule has 0 atom stereocenters. The van der Waals surface area contributed by atoms with Crippen molar-refractivity contribution in [3.05, 3.63) is 108 Å². The molecule has 0 fully saturated rings. The fraction of sp³-hybridized carbons (Fsp3) is 0.207. The lowest BCUT2D eigenvalue weighted by atomic mass is 9.85. The topological polar surface area (TPSA) is 108 Å². The zero-order chi connectivity index (χ0) is 26.0. The summed E-state index contributed by atoms with van der Waals surface area (Å²) in [6.07, 6.45) is 1.86. The van der Waals surface area contributed by atoms with Crippen LogP contribution in [0.4, 0.5) is 0 Å². The minimum Gasteiger partial charge on any atom is -0.383 e. The number of carbonyl (C=O) groups is 1. The first-order chi connectivity index (χ1) is 18.0. The fourth-order valence-electron chi connectivity index (χ4n) is 4.82. The second-order valence-electron chi connectivity index (χ2n) is 8.80. The van der Waals surface area contributed by atoms with Crippen molar-refractivity contribution >= 4 is 16.9 Å². The van der Waals surface area contributed by atoms with Crippen LogP contribution in [0.1, 0.15) is 34.2 Å². The number of imidazole rings is 1. The van der Waals surface area contributed by atoms with E-state index < -0.39 is 11.5 Å². The van der Waals surface area contributed by atoms with Gasteiger partial charge in [-0.3, -0.25) is 9.48 Å². The number of methoxy groups -OCH3 is 1. The monoisotopic (exact) mass is 495 g/mol. The molecular formula is C29H29N5O3. The van der Waals surface area contributed by atoms with E-state index in [4.69, 9.17) is 15.5 Å². The molecule has 0 saturated heterocycles. The zero-order valence-electron chi connectivity index (χ0n) is 20.8. The minimum atomic E-state index is -1.58. The molecule has 0 spiro atoms. The van der Waals surface area contributed by atoms with Crippen LogP contribution in [0, 0.1) is 0 Å². The van der Waals surface area contributed by atoms with Crippen molar-refractivity contribution in [3.63, 3.8) is 0 Å². The number of primary amides is 1. The molecule has 2 heterocycles. The van der Waals surface area contributed by atoms with E-state index in [2.05, 4.69) is 5.10 Å². The minimum absolute atomic E-state index is 0.335. The Morgan fingerprint density at radius 1 is 1.00 bits per heavy atom. The van der Waals surface area contributed by atoms with Crippen LogP contribution >= 0.6 is 0 Å². The van der Waals surface area contributed by atoms with Gasteiger partial charge < -0.3 is 20.1 Å². The maximum atomic E-state index is 12.6. The second kappa shape index (κ2) is 10.0. The number of benzene rings is 3. The molecule has 8 heteroatoms. The molecule has 0 aliphatic carbocycles. The number of amides is 1. The van der Waals surface area contributed by atoms with Crippen LogP contribution in [-0.4, -0.2) is 44.1 Å². The summed E-state index contributed by atoms with van der Waals surface area (Å²) in [4.78, 5) is 17.5. The van der Waals surface area contributed by atoms with E-state index >= 15 is 0 Å². The van der Waals surface area contributed by atoms with Gasteiger partial charge in [-0.2, -0.15) is 5.10 Å². The van der Waals surface area contributed by atoms with Crippen LogP contribution in [0.15, 0.2) is 85.1 Å². The van der Waals surface area contributed by atoms with Crippen molar-refractivity contribution in [1.82, 2.24) is 19.3 Å². The largest absolute Gasteiger partial charge is 0.383 e. The molecule has 5 rings (SSSR count). The van der Waals surface area contributed by atoms with E-state index in [-0.39, 0.29) is 0 Å². The number of fused-ring (bicyclic) bond motifs is 1. The molecule has 2 aromatic heterocycles. The van der Waals surface area contributed by atoms with E-state index in [0.717, 1.165) is 0 Å². The van der Waals surface area contributed by atoms with Gasteiger partial charge in [-0.25, -0.2) is 4.98 Å². The highest BCUT2D eigenvalue weighted by Gasteiger charge is 2.39. The SMILES string of the molecule is CCn1ccc(-c2c(C(N)=O)ccc3nc(C(O)(c4ccccc4)c4ccccc4)n(CCOC)c23)n1. The molecule has 0 aliphatic rings. The number of hydrogen-bond donors (Lipinski definition) is 2. The van der Waals surface area contributed by atoms with Crippen LogP contribution in [-0.2, 0) is 23.4 Å². The van der Waals surface area contributed by atoms with Crippen LogP contribution in [0.25, 0.3) is 22.3 Å². The first kappa shape index (κ1) is 24.4. The fourth-order valence-corrected chi connectivity index (χ4v) is 4.82. The van der Waals surface area contributed by atoms with Crippen LogP contribution in [0.2, 0.25) is 0 Å². The number of aliphatic hydroxyl groups is 1. The van der Waals surface area contributed by atoms with Crippen molar-refractivity contribution in [2.45, 2.75) is 25.6 Å². The zero-order valence-corrected chi connectivity index (χ0v) is 20.8. The lowest BCUT2D eigenvalue weighted by Crippen LogP contribution is -2.33. The molecule has 37 heavy (non-hydrogen) atoms. The molecule has 3 aromatic carbocycles. The van der Waals surface area contributed by atoms with Gasteiger partial charge in [0.05, 0.1) is 28.9 Å². The van der Waals surface area contributed by atoms with Gasteiger partial charge in [0.15, 0.2) is 11.4 Å². The average Bonchev–Trinajstić information content (AvgIpc) is 3.57. The standard InChI is InChI=1S/C29H29N5O3/c1-3-33-17-16-23(32-33)25-22(27(30)35)14-15-24-26(25)34(18-19-37-2)28(31-24)29(36,20-10-6-4-7-11-20)21-12-8-5-9-13-21/h4-17,36H,3,18-19H2,1-2H3,(H2,30,35). The Balaban J connectivity index is 1.89. The molecule has 8 nitrogen and oxygen atoms in total. The molecule has 188 valence electrons. The highest BCUT2D eigenvalue weighted by atomic mass is 16.5. The summed E-state index contributed by atoms with van der Waals surface area (Å²) in [6, 6.07) is 24.2. The summed E-state index contributed by atoms with van der Waals surface area (Å²) in [5, 5.41) is 17.2. The maximum absolute atomic E-state index is 12.6. The van der Waals surface area contributed by atoms with Crippen LogP contribution < -0.4 is 5.73 Å². The van der Waals surface area contributed by atoms with Gasteiger partial charge in [-0.1, -0.05) is 60.7 Å². The summed E-state index contributed by atoms with van der Waals surface area (Å²) < 4.78 is 9.16. The Kier molecular flexibility index (Phi) is 6.60. The highest BCUT2D eigenvalue weighted by Crippen LogP contribution is 2.40. The summed E-state index contributed by atoms with van der Waals surface area (Å²) >= 11 is 0. The van der Waals surface area contributed by atoms with Gasteiger partial charge in [-0.15, -0.1) is 0 Å². The van der Waals surface area contributed by atoms with Crippen LogP contribution in [0.5, 0.6) is 0 Å². The molecule has 0 unspecified atom stereocenters. The number of nitrogens with zero attached hydrogens (tertiary/aromatic N) is 4. The molecule has 0 saturated carbocycles. The van der Waals surface area contributed by atoms with Crippen molar-refractivity contribution in [1.29, 1.82) is 0 Å². The van der Waals surface area contributed by atoms with Gasteiger partial charge >= 0.3 is 0 Å². The smallest absolute Gasteiger partial charge is 0.249 e. The third kappa shape index (κ3) is 4.20. The number of carbonyl (C=O) groups excluding carboxylic acids is 1. The summed E-state index contributed by atoms with van der Waals surface area (Å²) in [6.45, 7) is 3.42. The second-order valence-corrected chi connectivity index (χ2v) is 8.80. The Bertz CT molecular complexity index is 1500. The Labute approximate surface area is 214 Å². The molecular weight excluding hydrogens is 466 g/mol. The first-order valence-corrected chi connectivity index (χ1v) is 12.2. The third-order valence-electron chi connectivity index (χ3n) is 6.62. The number of aromatic nitrogens is 4. The van der Waals surface area contributed by atoms with Crippen molar-refractivity contribution in [2.75, 3.05) is 13.7 Å². The lowest BCUT2D eigenvalue weighted by Gasteiger charge is -2.30. The van der Waals surface area contributed by atoms with Gasteiger partial charge in [-0.05, 0) is 36.2 Å². The summed E-state index contributed by atoms with van der Waals surface area (Å²) in [7, 11) is 1.62. The normalized spacial score (nSPS) is 11.8. The van der Waals surface area contributed by atoms with Crippen molar-refractivity contribution in [3.8, 4) is 11.3 Å². The van der Waals surface area contributed by atoms with Gasteiger partial charge in [0, 0.05) is 32.0 Å². The molecule has 0 radical (unpaired) electrons. The predicted molar refractivity (Wildman–Crippen MR) is 142 cm³/mol. The molecule has 0 aliphatic heterocycles. The lowest BCUT2D eigenvalue weighted by molar-refractivity contribution is 0.100. The van der Waals surface area contributed by atoms with E-state index in [1.807, 2.05) is 84.4 Å². The summed E-state index contributed by atoms with van der Waals surface area (Å²) in [5.74, 6) is -0.153. The molecule has 3 N–H and O–H groups in total. The Morgan fingerprint density at radius 3 is 2.19 bits per heavy atom. The quantitative estimate of drug-likeness (QED) is 0.322. The van der Waals surface area contributed by atoms with Crippen molar-refractivity contribution < 1.29 is 14.6 Å². The van der Waals surface area contributed by atoms with E-state index in [0.29, 0.717) is 64.5 Å². The van der Waals surface area contributed by atoms with Crippen LogP contribution in [0.3, 0.4) is 0 Å². The number of ether oxygens (including phenoxy) is 1. The van der Waals surface area contributed by atoms with Gasteiger partial charge in [0.2, 0.25) is 5.91 Å². The third-order valence-corrected chi connectivity index (χ3v) is 6.62. The average molecular weight is 496 g/mol. The number of nitrogens with two attached hydrogens (primary N) is 1. The van der Waals surface area contributed by atoms with E-state index in [9.17, 15) is 9.90 Å². The molecule has 0 bridgehead atoms. The molecule has 5 aromatic rings. The summed E-state index contributed by atoms with van der Waals surface area (Å²) in [5.41, 5.74) is 8.38. The number of aryl methyl sites for hydroxylation is 1. The first-order valence-electron chi connectivity index (χ1n) is 12.2. The number of hydrogen-bond acceptors (Lipinski definition) is 5. The van der Waals surface area contributed by atoms with Gasteiger partial charge in [0.1, 0.15) is 0 Å². The number of rotatable bonds is 9. The maximum Gasteiger partial charge on any atom is 0.249 e.